The lowest BCUT2D eigenvalue weighted by Gasteiger charge is -2.13. The molecule has 0 unspecified atom stereocenters. The monoisotopic (exact) mass is 656 g/mol. The first kappa shape index (κ1) is 16.7. The summed E-state index contributed by atoms with van der Waals surface area (Å²) in [7, 11) is 0. The molecule has 0 radical (unpaired) electrons. The number of hydrogen-bond donors (Lipinski definition) is 0. The largest absolute Gasteiger partial charge is 0.208 e. The first-order valence-corrected chi connectivity index (χ1v) is 16.0. The molecule has 4 heteroatoms. The van der Waals surface area contributed by atoms with Crippen LogP contribution in [0.4, 0.5) is 0 Å². The van der Waals surface area contributed by atoms with Gasteiger partial charge in [-0.25, -0.2) is 15.0 Å². The van der Waals surface area contributed by atoms with Gasteiger partial charge in [0.1, 0.15) is 0 Å². The van der Waals surface area contributed by atoms with Gasteiger partial charge >= 0.3 is 0 Å². The zero-order valence-electron chi connectivity index (χ0n) is 40.2. The summed E-state index contributed by atoms with van der Waals surface area (Å²) in [6, 6.07) is 12.1. The van der Waals surface area contributed by atoms with Gasteiger partial charge in [-0.05, 0) is 79.8 Å². The van der Waals surface area contributed by atoms with E-state index in [1.165, 1.54) is 0 Å². The van der Waals surface area contributed by atoms with Crippen molar-refractivity contribution in [2.45, 2.75) is 0 Å². The maximum atomic E-state index is 9.72. The quantitative estimate of drug-likeness (QED) is 0.177. The Balaban J connectivity index is 1.32. The highest BCUT2D eigenvalue weighted by atomic mass is 32.1. The minimum Gasteiger partial charge on any atom is -0.208 e. The van der Waals surface area contributed by atoms with Gasteiger partial charge in [-0.1, -0.05) is 127 Å². The van der Waals surface area contributed by atoms with Crippen molar-refractivity contribution in [2.24, 2.45) is 0 Å². The SMILES string of the molecule is [2H]c1c([2H])c(-c2nc(-c3ccccc3)nc(-c3ccc4sc5ccccc5c4c3)n2)c([2H])c(-c2c([2H])c([2H])c3c4c([2H])c([2H])c([2H])c([2H])c4c4c([2H])c([2H])c([2H])c([2H])c4c3c2[2H])c1[2H]. The second kappa shape index (κ2) is 11.2. The fourth-order valence-corrected chi connectivity index (χ4v) is 7.15. The second-order valence-corrected chi connectivity index (χ2v) is 12.3. The summed E-state index contributed by atoms with van der Waals surface area (Å²) in [5, 5.41) is -0.181. The van der Waals surface area contributed by atoms with E-state index in [9.17, 15) is 5.48 Å². The van der Waals surface area contributed by atoms with Gasteiger partial charge in [0.15, 0.2) is 17.5 Å². The number of benzene rings is 8. The molecule has 0 N–H and O–H groups in total. The van der Waals surface area contributed by atoms with Gasteiger partial charge in [-0.2, -0.15) is 0 Å². The maximum absolute atomic E-state index is 9.72. The number of hydrogen-bond acceptors (Lipinski definition) is 4. The Morgan fingerprint density at radius 1 is 0.367 bits per heavy atom. The zero-order chi connectivity index (χ0) is 45.4. The Kier molecular flexibility index (Phi) is 3.82. The van der Waals surface area contributed by atoms with Crippen LogP contribution in [0.1, 0.15) is 20.6 Å². The average molecular weight is 657 g/mol. The third-order valence-electron chi connectivity index (χ3n) is 8.34. The molecule has 0 aliphatic heterocycles. The van der Waals surface area contributed by atoms with Crippen molar-refractivity contribution >= 4 is 63.8 Å². The molecule has 49 heavy (non-hydrogen) atoms. The lowest BCUT2D eigenvalue weighted by atomic mass is 9.92. The minimum atomic E-state index is -0.769. The van der Waals surface area contributed by atoms with Crippen LogP contribution >= 0.6 is 11.3 Å². The molecule has 2 aromatic heterocycles. The van der Waals surface area contributed by atoms with Gasteiger partial charge < -0.3 is 0 Å². The Labute approximate surface area is 307 Å². The standard InChI is InChI=1S/C45H27N3S/c1-2-11-28(12-3-1)43-46-44(48-45(47-43)32-22-24-42-40(27-32)38-19-8-9-20-41(38)49-42)31-14-10-13-29(25-31)30-21-23-37-35-17-5-4-15-33(35)34-16-6-7-18-36(34)39(37)26-30/h1-27H/i4D,5D,6D,7D,10D,13D,14D,15D,16D,17D,18D,21D,23D,25D,26D. The van der Waals surface area contributed by atoms with Crippen LogP contribution in [0.5, 0.6) is 0 Å². The predicted molar refractivity (Wildman–Crippen MR) is 207 cm³/mol. The molecule has 0 aliphatic rings. The molecule has 0 fully saturated rings. The highest BCUT2D eigenvalue weighted by molar-refractivity contribution is 7.25. The Hall–Kier alpha value is -6.23. The van der Waals surface area contributed by atoms with Gasteiger partial charge in [0.2, 0.25) is 0 Å². The van der Waals surface area contributed by atoms with Gasteiger partial charge in [0.05, 0.1) is 20.6 Å². The zero-order valence-corrected chi connectivity index (χ0v) is 26.0. The van der Waals surface area contributed by atoms with Crippen molar-refractivity contribution in [2.75, 3.05) is 0 Å². The highest BCUT2D eigenvalue weighted by Crippen LogP contribution is 2.39. The van der Waals surface area contributed by atoms with Crippen molar-refractivity contribution in [3.8, 4) is 45.3 Å². The van der Waals surface area contributed by atoms with E-state index < -0.39 is 102 Å². The van der Waals surface area contributed by atoms with Gasteiger partial charge in [-0.3, -0.25) is 0 Å². The molecule has 10 rings (SSSR count). The molecule has 2 heterocycles. The third kappa shape index (κ3) is 4.68. The van der Waals surface area contributed by atoms with Crippen molar-refractivity contribution < 1.29 is 20.6 Å². The highest BCUT2D eigenvalue weighted by Gasteiger charge is 2.15. The molecular weight excluding hydrogens is 615 g/mol. The smallest absolute Gasteiger partial charge is 0.164 e. The van der Waals surface area contributed by atoms with Crippen LogP contribution in [0.15, 0.2) is 163 Å². The van der Waals surface area contributed by atoms with E-state index >= 15 is 0 Å². The van der Waals surface area contributed by atoms with E-state index in [0.717, 1.165) is 20.2 Å². The lowest BCUT2D eigenvalue weighted by Crippen LogP contribution is -2.00. The molecule has 10 aromatic rings. The summed E-state index contributed by atoms with van der Waals surface area (Å²) < 4.78 is 137. The van der Waals surface area contributed by atoms with E-state index in [0.29, 0.717) is 11.1 Å². The van der Waals surface area contributed by atoms with E-state index in [1.54, 1.807) is 35.6 Å². The van der Waals surface area contributed by atoms with Crippen LogP contribution in [-0.2, 0) is 0 Å². The normalized spacial score (nSPS) is 16.0. The number of nitrogens with zero attached hydrogens (tertiary/aromatic N) is 3. The maximum Gasteiger partial charge on any atom is 0.164 e. The summed E-state index contributed by atoms with van der Waals surface area (Å²) in [6.07, 6.45) is 0. The lowest BCUT2D eigenvalue weighted by molar-refractivity contribution is 1.07. The number of rotatable bonds is 4. The number of thiophene rings is 1. The molecule has 228 valence electrons. The average Bonchev–Trinajstić information content (AvgIpc) is 3.68. The molecular formula is C45H27N3S. The summed E-state index contributed by atoms with van der Waals surface area (Å²) in [6.45, 7) is 0. The molecule has 0 spiro atoms. The van der Waals surface area contributed by atoms with Crippen LogP contribution in [0.2, 0.25) is 0 Å². The first-order valence-electron chi connectivity index (χ1n) is 22.7. The summed E-state index contributed by atoms with van der Waals surface area (Å²) in [5.41, 5.74) is -0.282. The molecule has 0 aliphatic carbocycles. The van der Waals surface area contributed by atoms with Gasteiger partial charge in [-0.15, -0.1) is 11.3 Å². The Morgan fingerprint density at radius 3 is 1.69 bits per heavy atom. The molecule has 0 saturated heterocycles. The molecule has 0 amide bonds. The topological polar surface area (TPSA) is 38.7 Å². The third-order valence-corrected chi connectivity index (χ3v) is 9.49. The van der Waals surface area contributed by atoms with E-state index in [2.05, 4.69) is 0 Å². The van der Waals surface area contributed by atoms with Crippen LogP contribution in [0.25, 0.3) is 97.8 Å². The minimum absolute atomic E-state index is 0.163. The summed E-state index contributed by atoms with van der Waals surface area (Å²) in [5.74, 6) is 0.105. The molecule has 3 nitrogen and oxygen atoms in total. The van der Waals surface area contributed by atoms with Crippen LogP contribution in [-0.4, -0.2) is 15.0 Å². The first-order chi connectivity index (χ1) is 30.5. The van der Waals surface area contributed by atoms with Crippen LogP contribution < -0.4 is 0 Å². The van der Waals surface area contributed by atoms with E-state index in [4.69, 9.17) is 30.0 Å². The molecule has 0 atom stereocenters. The van der Waals surface area contributed by atoms with Crippen molar-refractivity contribution in [3.05, 3.63) is 163 Å². The van der Waals surface area contributed by atoms with Gasteiger partial charge in [0, 0.05) is 36.9 Å². The number of fused-ring (bicyclic) bond motifs is 9. The van der Waals surface area contributed by atoms with Crippen LogP contribution in [0, 0.1) is 0 Å². The molecule has 8 aromatic carbocycles. The van der Waals surface area contributed by atoms with Gasteiger partial charge in [0.25, 0.3) is 0 Å². The fourth-order valence-electron chi connectivity index (χ4n) is 6.06. The van der Waals surface area contributed by atoms with Crippen molar-refractivity contribution in [1.29, 1.82) is 0 Å². The van der Waals surface area contributed by atoms with E-state index in [-0.39, 0.29) is 55.4 Å². The Bertz CT molecular complexity index is 3700. The summed E-state index contributed by atoms with van der Waals surface area (Å²) >= 11 is 1.63. The van der Waals surface area contributed by atoms with Crippen LogP contribution in [0.3, 0.4) is 0 Å². The second-order valence-electron chi connectivity index (χ2n) is 11.2. The molecule has 0 bridgehead atoms. The van der Waals surface area contributed by atoms with Crippen molar-refractivity contribution in [3.63, 3.8) is 0 Å². The number of aromatic nitrogens is 3. The predicted octanol–water partition coefficient (Wildman–Crippen LogP) is 12.4. The fraction of sp³-hybridized carbons (Fsp3) is 0. The Morgan fingerprint density at radius 2 is 0.939 bits per heavy atom. The van der Waals surface area contributed by atoms with E-state index in [1.807, 2.05) is 48.5 Å². The summed E-state index contributed by atoms with van der Waals surface area (Å²) in [4.78, 5) is 14.3. The molecule has 0 saturated carbocycles. The van der Waals surface area contributed by atoms with Crippen molar-refractivity contribution in [1.82, 2.24) is 15.0 Å².